The van der Waals surface area contributed by atoms with Crippen molar-refractivity contribution < 1.29 is 17.5 Å². The molecule has 7 heteroatoms. The molecule has 0 aromatic heterocycles. The van der Waals surface area contributed by atoms with Crippen LogP contribution in [0.4, 0.5) is 4.39 Å². The first-order valence-electron chi connectivity index (χ1n) is 6.94. The van der Waals surface area contributed by atoms with Crippen molar-refractivity contribution in [3.63, 3.8) is 0 Å². The molecular formula is C16H17ClFNO3S. The maximum absolute atomic E-state index is 13.1. The zero-order chi connectivity index (χ0) is 16.9. The molecule has 0 aliphatic heterocycles. The summed E-state index contributed by atoms with van der Waals surface area (Å²) >= 11 is 5.85. The van der Waals surface area contributed by atoms with E-state index in [1.807, 2.05) is 0 Å². The molecule has 0 saturated heterocycles. The average molecular weight is 358 g/mol. The molecule has 2 rings (SSSR count). The van der Waals surface area contributed by atoms with E-state index in [1.165, 1.54) is 29.6 Å². The number of likely N-dealkylation sites (N-methyl/N-ethyl adjacent to an activating group) is 1. The Hall–Kier alpha value is -1.63. The highest BCUT2D eigenvalue weighted by atomic mass is 35.5. The second kappa shape index (κ2) is 7.77. The monoisotopic (exact) mass is 357 g/mol. The van der Waals surface area contributed by atoms with Crippen LogP contribution < -0.4 is 4.74 Å². The number of rotatable bonds is 7. The molecular weight excluding hydrogens is 341 g/mol. The zero-order valence-corrected chi connectivity index (χ0v) is 14.1. The van der Waals surface area contributed by atoms with E-state index in [2.05, 4.69) is 0 Å². The highest BCUT2D eigenvalue weighted by Gasteiger charge is 2.18. The molecule has 0 N–H and O–H groups in total. The van der Waals surface area contributed by atoms with E-state index in [-0.39, 0.29) is 18.9 Å². The highest BCUT2D eigenvalue weighted by molar-refractivity contribution is 7.88. The van der Waals surface area contributed by atoms with Gasteiger partial charge in [0.05, 0.1) is 5.75 Å². The Morgan fingerprint density at radius 1 is 1.17 bits per heavy atom. The van der Waals surface area contributed by atoms with E-state index in [0.717, 1.165) is 0 Å². The van der Waals surface area contributed by atoms with Crippen LogP contribution in [-0.4, -0.2) is 32.9 Å². The SMILES string of the molecule is CN(CCOc1cccc(Cl)c1)S(=O)(=O)Cc1cccc(F)c1. The Bertz CT molecular complexity index is 767. The van der Waals surface area contributed by atoms with Gasteiger partial charge < -0.3 is 4.74 Å². The molecule has 0 radical (unpaired) electrons. The van der Waals surface area contributed by atoms with Crippen molar-refractivity contribution in [3.05, 3.63) is 64.9 Å². The summed E-state index contributed by atoms with van der Waals surface area (Å²) in [5.74, 6) is -0.128. The molecule has 0 unspecified atom stereocenters. The van der Waals surface area contributed by atoms with Crippen molar-refractivity contribution >= 4 is 21.6 Å². The first-order chi connectivity index (χ1) is 10.9. The van der Waals surface area contributed by atoms with Crippen molar-refractivity contribution in [3.8, 4) is 5.75 Å². The highest BCUT2D eigenvalue weighted by Crippen LogP contribution is 2.17. The van der Waals surface area contributed by atoms with E-state index in [9.17, 15) is 12.8 Å². The first-order valence-corrected chi connectivity index (χ1v) is 8.92. The molecule has 0 bridgehead atoms. The third-order valence-corrected chi connectivity index (χ3v) is 5.25. The minimum atomic E-state index is -3.53. The molecule has 23 heavy (non-hydrogen) atoms. The molecule has 0 heterocycles. The summed E-state index contributed by atoms with van der Waals surface area (Å²) in [6.45, 7) is 0.378. The number of halogens is 2. The topological polar surface area (TPSA) is 46.6 Å². The average Bonchev–Trinajstić information content (AvgIpc) is 2.46. The molecule has 0 saturated carbocycles. The van der Waals surface area contributed by atoms with Crippen LogP contribution in [0.2, 0.25) is 5.02 Å². The minimum absolute atomic E-state index is 0.185. The molecule has 2 aromatic carbocycles. The minimum Gasteiger partial charge on any atom is -0.492 e. The largest absolute Gasteiger partial charge is 0.492 e. The third kappa shape index (κ3) is 5.49. The number of sulfonamides is 1. The summed E-state index contributed by atoms with van der Waals surface area (Å²) in [6, 6.07) is 12.4. The number of hydrogen-bond donors (Lipinski definition) is 0. The Balaban J connectivity index is 1.90. The first kappa shape index (κ1) is 17.7. The van der Waals surface area contributed by atoms with Crippen LogP contribution in [0.3, 0.4) is 0 Å². The van der Waals surface area contributed by atoms with Gasteiger partial charge in [0.25, 0.3) is 0 Å². The van der Waals surface area contributed by atoms with Crippen LogP contribution in [0, 0.1) is 5.82 Å². The Morgan fingerprint density at radius 3 is 2.61 bits per heavy atom. The molecule has 2 aromatic rings. The van der Waals surface area contributed by atoms with Crippen molar-refractivity contribution in [1.29, 1.82) is 0 Å². The summed E-state index contributed by atoms with van der Waals surface area (Å²) < 4.78 is 44.3. The van der Waals surface area contributed by atoms with Crippen molar-refractivity contribution in [2.75, 3.05) is 20.2 Å². The Labute approximate surface area is 140 Å². The van der Waals surface area contributed by atoms with Gasteiger partial charge in [0.2, 0.25) is 10.0 Å². The van der Waals surface area contributed by atoms with Gasteiger partial charge in [-0.2, -0.15) is 0 Å². The van der Waals surface area contributed by atoms with Gasteiger partial charge in [0.1, 0.15) is 18.2 Å². The molecule has 4 nitrogen and oxygen atoms in total. The molecule has 0 atom stereocenters. The van der Waals surface area contributed by atoms with Crippen molar-refractivity contribution in [1.82, 2.24) is 4.31 Å². The summed E-state index contributed by atoms with van der Waals surface area (Å²) in [7, 11) is -2.06. The lowest BCUT2D eigenvalue weighted by molar-refractivity contribution is 0.287. The summed E-state index contributed by atoms with van der Waals surface area (Å²) in [5.41, 5.74) is 0.410. The number of nitrogens with zero attached hydrogens (tertiary/aromatic N) is 1. The van der Waals surface area contributed by atoms with E-state index in [1.54, 1.807) is 30.3 Å². The Kier molecular flexibility index (Phi) is 5.98. The number of ether oxygens (including phenoxy) is 1. The molecule has 124 valence electrons. The zero-order valence-electron chi connectivity index (χ0n) is 12.6. The molecule has 0 fully saturated rings. The third-order valence-electron chi connectivity index (χ3n) is 3.18. The maximum atomic E-state index is 13.1. The summed E-state index contributed by atoms with van der Waals surface area (Å²) in [4.78, 5) is 0. The van der Waals surface area contributed by atoms with Crippen LogP contribution in [-0.2, 0) is 15.8 Å². The second-order valence-electron chi connectivity index (χ2n) is 5.01. The van der Waals surface area contributed by atoms with Crippen molar-refractivity contribution in [2.24, 2.45) is 0 Å². The molecule has 0 aliphatic rings. The van der Waals surface area contributed by atoms with Crippen molar-refractivity contribution in [2.45, 2.75) is 5.75 Å². The fraction of sp³-hybridized carbons (Fsp3) is 0.250. The van der Waals surface area contributed by atoms with Crippen LogP contribution in [0.15, 0.2) is 48.5 Å². The van der Waals surface area contributed by atoms with Gasteiger partial charge in [-0.1, -0.05) is 29.8 Å². The van der Waals surface area contributed by atoms with Gasteiger partial charge in [-0.15, -0.1) is 0 Å². The standard InChI is InChI=1S/C16H17ClFNO3S/c1-19(8-9-22-16-7-3-5-14(17)11-16)23(20,21)12-13-4-2-6-15(18)10-13/h2-7,10-11H,8-9,12H2,1H3. The van der Waals surface area contributed by atoms with Gasteiger partial charge in [-0.05, 0) is 35.9 Å². The molecule has 0 aliphatic carbocycles. The van der Waals surface area contributed by atoms with Crippen LogP contribution >= 0.6 is 11.6 Å². The molecule has 0 amide bonds. The van der Waals surface area contributed by atoms with E-state index >= 15 is 0 Å². The lowest BCUT2D eigenvalue weighted by atomic mass is 10.2. The van der Waals surface area contributed by atoms with Gasteiger partial charge in [-0.25, -0.2) is 17.1 Å². The predicted molar refractivity (Wildman–Crippen MR) is 88.6 cm³/mol. The predicted octanol–water partition coefficient (Wildman–Crippen LogP) is 3.32. The number of hydrogen-bond acceptors (Lipinski definition) is 3. The van der Waals surface area contributed by atoms with Crippen LogP contribution in [0.25, 0.3) is 0 Å². The smallest absolute Gasteiger partial charge is 0.218 e. The summed E-state index contributed by atoms with van der Waals surface area (Å²) in [5, 5.41) is 0.551. The normalized spacial score (nSPS) is 11.7. The number of benzene rings is 2. The quantitative estimate of drug-likeness (QED) is 0.763. The van der Waals surface area contributed by atoms with Gasteiger partial charge in [0, 0.05) is 18.6 Å². The van der Waals surface area contributed by atoms with Gasteiger partial charge in [0.15, 0.2) is 0 Å². The van der Waals surface area contributed by atoms with Gasteiger partial charge in [-0.3, -0.25) is 0 Å². The van der Waals surface area contributed by atoms with Crippen LogP contribution in [0.5, 0.6) is 5.75 Å². The van der Waals surface area contributed by atoms with Crippen LogP contribution in [0.1, 0.15) is 5.56 Å². The van der Waals surface area contributed by atoms with E-state index in [4.69, 9.17) is 16.3 Å². The fourth-order valence-corrected chi connectivity index (χ4v) is 3.29. The lowest BCUT2D eigenvalue weighted by Crippen LogP contribution is -2.32. The Morgan fingerprint density at radius 2 is 1.91 bits per heavy atom. The second-order valence-corrected chi connectivity index (χ2v) is 7.53. The van der Waals surface area contributed by atoms with E-state index in [0.29, 0.717) is 16.3 Å². The maximum Gasteiger partial charge on any atom is 0.218 e. The van der Waals surface area contributed by atoms with E-state index < -0.39 is 15.8 Å². The molecule has 0 spiro atoms. The lowest BCUT2D eigenvalue weighted by Gasteiger charge is -2.17. The fourth-order valence-electron chi connectivity index (χ4n) is 1.94. The van der Waals surface area contributed by atoms with Gasteiger partial charge >= 0.3 is 0 Å². The summed E-state index contributed by atoms with van der Waals surface area (Å²) in [6.07, 6.45) is 0.